The number of aryl methyl sites for hydroxylation is 3. The van der Waals surface area contributed by atoms with E-state index in [1.807, 2.05) is 25.1 Å². The highest BCUT2D eigenvalue weighted by molar-refractivity contribution is 6.29. The Balaban J connectivity index is 1.64. The van der Waals surface area contributed by atoms with Crippen LogP contribution >= 0.6 is 11.6 Å². The number of nitrogens with zero attached hydrogens (tertiary/aromatic N) is 2. The van der Waals surface area contributed by atoms with E-state index in [1.165, 1.54) is 0 Å². The number of carbonyl (C=O) groups excluding carboxylic acids is 1. The number of esters is 1. The minimum absolute atomic E-state index is 0.0144. The van der Waals surface area contributed by atoms with Gasteiger partial charge in [-0.05, 0) is 69.0 Å². The molecule has 0 bridgehead atoms. The number of carbonyl (C=O) groups is 2. The maximum Gasteiger partial charge on any atom is 0.306 e. The third kappa shape index (κ3) is 8.10. The summed E-state index contributed by atoms with van der Waals surface area (Å²) in [7, 11) is 0. The lowest BCUT2D eigenvalue weighted by Crippen LogP contribution is -2.12. The Morgan fingerprint density at radius 2 is 1.86 bits per heavy atom. The molecule has 9 heteroatoms. The van der Waals surface area contributed by atoms with Crippen LogP contribution in [0.5, 0.6) is 5.75 Å². The van der Waals surface area contributed by atoms with Crippen molar-refractivity contribution < 1.29 is 28.6 Å². The molecule has 0 fully saturated rings. The van der Waals surface area contributed by atoms with E-state index in [0.717, 1.165) is 22.4 Å². The third-order valence-electron chi connectivity index (χ3n) is 5.23. The number of hydrogen-bond donors (Lipinski definition) is 1. The zero-order chi connectivity index (χ0) is 25.4. The number of aliphatic carboxylic acids is 1. The minimum Gasteiger partial charge on any atom is -0.493 e. The van der Waals surface area contributed by atoms with Crippen LogP contribution in [0.1, 0.15) is 49.3 Å². The fraction of sp³-hybridized carbons (Fsp3) is 0.385. The lowest BCUT2D eigenvalue weighted by atomic mass is 9.98. The second kappa shape index (κ2) is 12.4. The van der Waals surface area contributed by atoms with Crippen LogP contribution in [-0.2, 0) is 33.6 Å². The quantitative estimate of drug-likeness (QED) is 0.266. The number of ether oxygens (including phenoxy) is 2. The molecule has 3 aromatic rings. The topological polar surface area (TPSA) is 112 Å². The molecule has 0 saturated heterocycles. The number of carboxylic acids is 1. The summed E-state index contributed by atoms with van der Waals surface area (Å²) in [4.78, 5) is 31.6. The summed E-state index contributed by atoms with van der Waals surface area (Å²) in [6.07, 6.45) is 3.01. The van der Waals surface area contributed by atoms with Crippen LogP contribution in [0.3, 0.4) is 0 Å². The number of pyridine rings is 1. The fourth-order valence-electron chi connectivity index (χ4n) is 3.52. The lowest BCUT2D eigenvalue weighted by molar-refractivity contribution is -0.147. The smallest absolute Gasteiger partial charge is 0.306 e. The maximum absolute atomic E-state index is 12.0. The van der Waals surface area contributed by atoms with Crippen molar-refractivity contribution in [3.05, 3.63) is 64.3 Å². The Hall–Kier alpha value is -3.39. The molecule has 0 aliphatic carbocycles. The molecule has 0 aliphatic rings. The third-order valence-corrected chi connectivity index (χ3v) is 5.45. The van der Waals surface area contributed by atoms with Crippen molar-refractivity contribution in [2.75, 3.05) is 6.61 Å². The standard InChI is InChI=1S/C26H29ClN2O6/c1-16(2)34-25(32)11-7-19-14-21(8-4-18(19)6-10-24(30)31)33-13-12-22-17(3)35-26(29-22)20-5-9-23(27)28-15-20/h4-5,8-9,14-16H,6-7,10-13H2,1-3H3,(H,30,31). The van der Waals surface area contributed by atoms with Crippen LogP contribution in [0.25, 0.3) is 11.5 Å². The molecule has 0 saturated carbocycles. The average molecular weight is 501 g/mol. The van der Waals surface area contributed by atoms with E-state index in [-0.39, 0.29) is 24.9 Å². The normalized spacial score (nSPS) is 11.0. The minimum atomic E-state index is -0.868. The highest BCUT2D eigenvalue weighted by Gasteiger charge is 2.14. The van der Waals surface area contributed by atoms with E-state index < -0.39 is 5.97 Å². The summed E-state index contributed by atoms with van der Waals surface area (Å²) in [5.74, 6) is 0.655. The predicted molar refractivity (Wildman–Crippen MR) is 131 cm³/mol. The molecule has 0 radical (unpaired) electrons. The molecule has 186 valence electrons. The van der Waals surface area contributed by atoms with Crippen LogP contribution in [0, 0.1) is 6.92 Å². The van der Waals surface area contributed by atoms with Gasteiger partial charge in [0.1, 0.15) is 16.7 Å². The molecule has 1 N–H and O–H groups in total. The van der Waals surface area contributed by atoms with Gasteiger partial charge in [-0.2, -0.15) is 0 Å². The highest BCUT2D eigenvalue weighted by atomic mass is 35.5. The van der Waals surface area contributed by atoms with Gasteiger partial charge in [-0.15, -0.1) is 0 Å². The second-order valence-electron chi connectivity index (χ2n) is 8.35. The maximum atomic E-state index is 12.0. The number of carboxylic acid groups (broad SMARTS) is 1. The molecule has 0 aliphatic heterocycles. The van der Waals surface area contributed by atoms with Gasteiger partial charge in [-0.3, -0.25) is 9.59 Å². The summed E-state index contributed by atoms with van der Waals surface area (Å²) < 4.78 is 16.9. The van der Waals surface area contributed by atoms with Crippen molar-refractivity contribution in [3.63, 3.8) is 0 Å². The van der Waals surface area contributed by atoms with Crippen LogP contribution in [0.2, 0.25) is 5.15 Å². The number of halogens is 1. The first-order valence-corrected chi connectivity index (χ1v) is 11.8. The molecule has 0 spiro atoms. The van der Waals surface area contributed by atoms with Gasteiger partial charge in [0, 0.05) is 25.5 Å². The first kappa shape index (κ1) is 26.2. The molecular formula is C26H29ClN2O6. The van der Waals surface area contributed by atoms with Crippen molar-refractivity contribution >= 4 is 23.5 Å². The van der Waals surface area contributed by atoms with E-state index in [0.29, 0.717) is 48.4 Å². The number of hydrogen-bond acceptors (Lipinski definition) is 7. The first-order chi connectivity index (χ1) is 16.7. The molecule has 3 rings (SSSR count). The number of oxazole rings is 1. The molecule has 35 heavy (non-hydrogen) atoms. The molecule has 0 atom stereocenters. The van der Waals surface area contributed by atoms with Crippen LogP contribution in [0.15, 0.2) is 40.9 Å². The number of aromatic nitrogens is 2. The van der Waals surface area contributed by atoms with E-state index in [1.54, 1.807) is 32.2 Å². The summed E-state index contributed by atoms with van der Waals surface area (Å²) >= 11 is 5.84. The second-order valence-corrected chi connectivity index (χ2v) is 8.74. The van der Waals surface area contributed by atoms with Gasteiger partial charge in [-0.25, -0.2) is 9.97 Å². The molecule has 0 amide bonds. The van der Waals surface area contributed by atoms with E-state index >= 15 is 0 Å². The average Bonchev–Trinajstić information content (AvgIpc) is 3.17. The van der Waals surface area contributed by atoms with Gasteiger partial charge in [0.15, 0.2) is 0 Å². The monoisotopic (exact) mass is 500 g/mol. The molecule has 1 aromatic carbocycles. The summed E-state index contributed by atoms with van der Waals surface area (Å²) in [6, 6.07) is 9.01. The van der Waals surface area contributed by atoms with Crippen molar-refractivity contribution in [2.24, 2.45) is 0 Å². The largest absolute Gasteiger partial charge is 0.493 e. The van der Waals surface area contributed by atoms with Gasteiger partial charge in [0.25, 0.3) is 0 Å². The van der Waals surface area contributed by atoms with E-state index in [9.17, 15) is 9.59 Å². The Morgan fingerprint density at radius 1 is 1.09 bits per heavy atom. The number of benzene rings is 1. The molecule has 2 heterocycles. The lowest BCUT2D eigenvalue weighted by Gasteiger charge is -2.13. The Morgan fingerprint density at radius 3 is 2.54 bits per heavy atom. The van der Waals surface area contributed by atoms with E-state index in [4.69, 9.17) is 30.6 Å². The van der Waals surface area contributed by atoms with Gasteiger partial charge in [0.05, 0.1) is 24.0 Å². The van der Waals surface area contributed by atoms with Gasteiger partial charge >= 0.3 is 11.9 Å². The van der Waals surface area contributed by atoms with Gasteiger partial charge in [-0.1, -0.05) is 17.7 Å². The van der Waals surface area contributed by atoms with Crippen LogP contribution < -0.4 is 4.74 Å². The van der Waals surface area contributed by atoms with E-state index in [2.05, 4.69) is 9.97 Å². The molecule has 2 aromatic heterocycles. The number of rotatable bonds is 12. The summed E-state index contributed by atoms with van der Waals surface area (Å²) in [5, 5.41) is 9.45. The Bertz CT molecular complexity index is 1160. The summed E-state index contributed by atoms with van der Waals surface area (Å²) in [5.41, 5.74) is 3.28. The first-order valence-electron chi connectivity index (χ1n) is 11.5. The van der Waals surface area contributed by atoms with Crippen molar-refractivity contribution in [1.29, 1.82) is 0 Å². The molecule has 0 unspecified atom stereocenters. The summed E-state index contributed by atoms with van der Waals surface area (Å²) in [6.45, 7) is 5.82. The highest BCUT2D eigenvalue weighted by Crippen LogP contribution is 2.24. The SMILES string of the molecule is Cc1oc(-c2ccc(Cl)nc2)nc1CCOc1ccc(CCC(=O)O)c(CCC(=O)OC(C)C)c1. The zero-order valence-electron chi connectivity index (χ0n) is 20.0. The fourth-order valence-corrected chi connectivity index (χ4v) is 3.63. The molecule has 8 nitrogen and oxygen atoms in total. The van der Waals surface area contributed by atoms with Crippen LogP contribution in [-0.4, -0.2) is 39.7 Å². The predicted octanol–water partition coefficient (Wildman–Crippen LogP) is 5.22. The Kier molecular flexibility index (Phi) is 9.25. The molecular weight excluding hydrogens is 472 g/mol. The van der Waals surface area contributed by atoms with Crippen molar-refractivity contribution in [1.82, 2.24) is 9.97 Å². The van der Waals surface area contributed by atoms with Crippen molar-refractivity contribution in [2.45, 2.75) is 59.0 Å². The zero-order valence-corrected chi connectivity index (χ0v) is 20.8. The van der Waals surface area contributed by atoms with Gasteiger partial charge < -0.3 is 19.0 Å². The van der Waals surface area contributed by atoms with Gasteiger partial charge in [0.2, 0.25) is 5.89 Å². The van der Waals surface area contributed by atoms with Crippen LogP contribution in [0.4, 0.5) is 0 Å². The van der Waals surface area contributed by atoms with Crippen molar-refractivity contribution in [3.8, 4) is 17.2 Å². The Labute approximate surface area is 209 Å².